The van der Waals surface area contributed by atoms with Gasteiger partial charge in [-0.05, 0) is 37.0 Å². The predicted molar refractivity (Wildman–Crippen MR) is 92.9 cm³/mol. The fourth-order valence-electron chi connectivity index (χ4n) is 3.22. The number of anilines is 1. The fraction of sp³-hybridized carbons (Fsp3) is 0.389. The van der Waals surface area contributed by atoms with Gasteiger partial charge in [0, 0.05) is 17.8 Å². The van der Waals surface area contributed by atoms with Crippen LogP contribution >= 0.6 is 0 Å². The molecule has 2 N–H and O–H groups in total. The molecule has 25 heavy (non-hydrogen) atoms. The Bertz CT molecular complexity index is 967. The van der Waals surface area contributed by atoms with Crippen LogP contribution in [-0.4, -0.2) is 25.5 Å². The molecule has 0 spiro atoms. The Labute approximate surface area is 144 Å². The lowest BCUT2D eigenvalue weighted by atomic mass is 10.1. The third-order valence-electron chi connectivity index (χ3n) is 4.48. The number of nitrogens with two attached hydrogens (primary N) is 1. The first-order valence-corrected chi connectivity index (χ1v) is 8.50. The zero-order chi connectivity index (χ0) is 17.7. The second-order valence-electron chi connectivity index (χ2n) is 7.06. The van der Waals surface area contributed by atoms with Crippen LogP contribution in [0.25, 0.3) is 10.9 Å². The maximum Gasteiger partial charge on any atom is 0.282 e. The normalized spacial score (nSPS) is 14.6. The lowest BCUT2D eigenvalue weighted by molar-refractivity contribution is 0.0949. The van der Waals surface area contributed by atoms with Gasteiger partial charge in [0.15, 0.2) is 5.82 Å². The molecule has 0 bridgehead atoms. The summed E-state index contributed by atoms with van der Waals surface area (Å²) in [5, 5.41) is 9.01. The molecule has 0 radical (unpaired) electrons. The van der Waals surface area contributed by atoms with Crippen LogP contribution in [0.4, 0.5) is 10.2 Å². The molecule has 6 nitrogen and oxygen atoms in total. The number of benzene rings is 1. The predicted octanol–water partition coefficient (Wildman–Crippen LogP) is 3.18. The average molecular weight is 341 g/mol. The minimum Gasteiger partial charge on any atom is -0.382 e. The van der Waals surface area contributed by atoms with E-state index < -0.39 is 5.82 Å². The number of nitrogen functional groups attached to an aromatic ring is 1. The summed E-state index contributed by atoms with van der Waals surface area (Å²) < 4.78 is 16.7. The van der Waals surface area contributed by atoms with Crippen molar-refractivity contribution in [3.63, 3.8) is 0 Å². The molecule has 0 amide bonds. The van der Waals surface area contributed by atoms with Gasteiger partial charge in [-0.3, -0.25) is 9.48 Å². The van der Waals surface area contributed by atoms with Crippen LogP contribution < -0.4 is 5.73 Å². The number of carbonyl (C=O) groups is 1. The van der Waals surface area contributed by atoms with Crippen molar-refractivity contribution in [2.45, 2.75) is 39.2 Å². The Morgan fingerprint density at radius 3 is 2.84 bits per heavy atom. The van der Waals surface area contributed by atoms with E-state index in [9.17, 15) is 9.18 Å². The molecule has 130 valence electrons. The van der Waals surface area contributed by atoms with Crippen LogP contribution in [0.15, 0.2) is 24.4 Å². The average Bonchev–Trinajstić information content (AvgIpc) is 3.24. The molecule has 2 aromatic heterocycles. The fourth-order valence-corrected chi connectivity index (χ4v) is 3.22. The number of nitrogens with zero attached hydrogens (tertiary/aromatic N) is 4. The SMILES string of the molecule is CC(C)Cn1ncc(C(=O)n2nc(N)c3cc(F)ccc32)c1C1CC1. The topological polar surface area (TPSA) is 78.7 Å². The van der Waals surface area contributed by atoms with E-state index in [2.05, 4.69) is 24.0 Å². The molecule has 1 fully saturated rings. The number of hydrogen-bond donors (Lipinski definition) is 1. The second kappa shape index (κ2) is 5.68. The zero-order valence-electron chi connectivity index (χ0n) is 14.2. The van der Waals surface area contributed by atoms with Crippen molar-refractivity contribution in [1.29, 1.82) is 0 Å². The van der Waals surface area contributed by atoms with E-state index in [-0.39, 0.29) is 11.7 Å². The van der Waals surface area contributed by atoms with Crippen molar-refractivity contribution in [3.8, 4) is 0 Å². The highest BCUT2D eigenvalue weighted by atomic mass is 19.1. The van der Waals surface area contributed by atoms with Gasteiger partial charge in [-0.25, -0.2) is 4.39 Å². The summed E-state index contributed by atoms with van der Waals surface area (Å²) in [7, 11) is 0. The van der Waals surface area contributed by atoms with E-state index in [1.54, 1.807) is 6.20 Å². The molecular formula is C18H20FN5O. The summed E-state index contributed by atoms with van der Waals surface area (Å²) in [5.41, 5.74) is 7.90. The minimum absolute atomic E-state index is 0.144. The van der Waals surface area contributed by atoms with E-state index in [0.717, 1.165) is 25.1 Å². The summed E-state index contributed by atoms with van der Waals surface area (Å²) in [5.74, 6) is 0.270. The summed E-state index contributed by atoms with van der Waals surface area (Å²) in [6, 6.07) is 4.13. The quantitative estimate of drug-likeness (QED) is 0.790. The summed E-state index contributed by atoms with van der Waals surface area (Å²) in [6.07, 6.45) is 3.75. The maximum absolute atomic E-state index is 13.5. The highest BCUT2D eigenvalue weighted by Gasteiger charge is 2.33. The third kappa shape index (κ3) is 2.69. The molecular weight excluding hydrogens is 321 g/mol. The van der Waals surface area contributed by atoms with Crippen molar-refractivity contribution in [2.75, 3.05) is 5.73 Å². The molecule has 1 aliphatic rings. The number of hydrogen-bond acceptors (Lipinski definition) is 4. The van der Waals surface area contributed by atoms with Crippen LogP contribution in [0.2, 0.25) is 0 Å². The molecule has 3 aromatic rings. The van der Waals surface area contributed by atoms with Crippen LogP contribution in [0, 0.1) is 11.7 Å². The largest absolute Gasteiger partial charge is 0.382 e. The van der Waals surface area contributed by atoms with Crippen molar-refractivity contribution in [1.82, 2.24) is 19.6 Å². The molecule has 1 aliphatic carbocycles. The van der Waals surface area contributed by atoms with Gasteiger partial charge in [0.25, 0.3) is 5.91 Å². The van der Waals surface area contributed by atoms with E-state index >= 15 is 0 Å². The summed E-state index contributed by atoms with van der Waals surface area (Å²) in [6.45, 7) is 5.01. The molecule has 4 rings (SSSR count). The van der Waals surface area contributed by atoms with E-state index in [0.29, 0.717) is 28.3 Å². The van der Waals surface area contributed by atoms with Crippen molar-refractivity contribution in [3.05, 3.63) is 41.5 Å². The van der Waals surface area contributed by atoms with Gasteiger partial charge >= 0.3 is 0 Å². The van der Waals surface area contributed by atoms with Crippen LogP contribution in [0.1, 0.15) is 48.7 Å². The van der Waals surface area contributed by atoms with Gasteiger partial charge in [0.05, 0.1) is 23.0 Å². The first-order chi connectivity index (χ1) is 12.0. The van der Waals surface area contributed by atoms with Gasteiger partial charge < -0.3 is 5.73 Å². The highest BCUT2D eigenvalue weighted by Crippen LogP contribution is 2.42. The molecule has 0 unspecified atom stereocenters. The first-order valence-electron chi connectivity index (χ1n) is 8.50. The Balaban J connectivity index is 1.81. The molecule has 2 heterocycles. The molecule has 1 saturated carbocycles. The van der Waals surface area contributed by atoms with E-state index in [4.69, 9.17) is 5.73 Å². The zero-order valence-corrected chi connectivity index (χ0v) is 14.2. The summed E-state index contributed by atoms with van der Waals surface area (Å²) >= 11 is 0. The Morgan fingerprint density at radius 2 is 2.16 bits per heavy atom. The van der Waals surface area contributed by atoms with Gasteiger partial charge in [0.1, 0.15) is 5.82 Å². The van der Waals surface area contributed by atoms with Gasteiger partial charge in [-0.2, -0.15) is 9.78 Å². The van der Waals surface area contributed by atoms with E-state index in [1.165, 1.54) is 22.9 Å². The Hall–Kier alpha value is -2.70. The monoisotopic (exact) mass is 341 g/mol. The first kappa shape index (κ1) is 15.8. The molecule has 0 aliphatic heterocycles. The van der Waals surface area contributed by atoms with Gasteiger partial charge in [-0.15, -0.1) is 5.10 Å². The lowest BCUT2D eigenvalue weighted by Gasteiger charge is -2.11. The van der Waals surface area contributed by atoms with Crippen LogP contribution in [0.5, 0.6) is 0 Å². The Morgan fingerprint density at radius 1 is 1.40 bits per heavy atom. The minimum atomic E-state index is -0.408. The smallest absolute Gasteiger partial charge is 0.282 e. The summed E-state index contributed by atoms with van der Waals surface area (Å²) in [4.78, 5) is 13.1. The highest BCUT2D eigenvalue weighted by molar-refractivity contribution is 6.04. The van der Waals surface area contributed by atoms with Gasteiger partial charge in [0.2, 0.25) is 0 Å². The van der Waals surface area contributed by atoms with Gasteiger partial charge in [-0.1, -0.05) is 13.8 Å². The van der Waals surface area contributed by atoms with Crippen molar-refractivity contribution in [2.24, 2.45) is 5.92 Å². The van der Waals surface area contributed by atoms with E-state index in [1.807, 2.05) is 4.68 Å². The maximum atomic E-state index is 13.5. The molecule has 0 atom stereocenters. The third-order valence-corrected chi connectivity index (χ3v) is 4.48. The Kier molecular flexibility index (Phi) is 3.59. The molecule has 7 heteroatoms. The van der Waals surface area contributed by atoms with Crippen LogP contribution in [-0.2, 0) is 6.54 Å². The number of halogens is 1. The lowest BCUT2D eigenvalue weighted by Crippen LogP contribution is -2.17. The number of aromatic nitrogens is 4. The van der Waals surface area contributed by atoms with Crippen LogP contribution in [0.3, 0.4) is 0 Å². The van der Waals surface area contributed by atoms with Crippen molar-refractivity contribution >= 4 is 22.6 Å². The number of carbonyl (C=O) groups excluding carboxylic acids is 1. The molecule has 0 saturated heterocycles. The number of rotatable bonds is 4. The molecule has 1 aromatic carbocycles. The standard InChI is InChI=1S/C18H20FN5O/c1-10(2)9-23-16(11-3-4-11)14(8-21-23)18(25)24-15-6-5-12(19)7-13(15)17(20)22-24/h5-8,10-11H,3-4,9H2,1-2H3,(H2,20,22). The number of fused-ring (bicyclic) bond motifs is 1. The second-order valence-corrected chi connectivity index (χ2v) is 7.06. The van der Waals surface area contributed by atoms with Crippen molar-refractivity contribution < 1.29 is 9.18 Å².